The summed E-state index contributed by atoms with van der Waals surface area (Å²) < 4.78 is 7.12. The number of benzene rings is 1. The van der Waals surface area contributed by atoms with E-state index in [1.807, 2.05) is 41.3 Å². The summed E-state index contributed by atoms with van der Waals surface area (Å²) in [7, 11) is 3.50. The number of hydrogen-bond acceptors (Lipinski definition) is 6. The molecule has 4 aromatic rings. The van der Waals surface area contributed by atoms with Gasteiger partial charge in [-0.25, -0.2) is 4.98 Å². The Bertz CT molecular complexity index is 1100. The van der Waals surface area contributed by atoms with Crippen molar-refractivity contribution in [3.05, 3.63) is 59.6 Å². The first-order valence-corrected chi connectivity index (χ1v) is 9.16. The summed E-state index contributed by atoms with van der Waals surface area (Å²) in [5.41, 5.74) is 3.07. The number of amides is 1. The van der Waals surface area contributed by atoms with Crippen LogP contribution < -0.4 is 10.1 Å². The number of carbonyl (C=O) groups excluding carboxylic acids is 1. The highest BCUT2D eigenvalue weighted by molar-refractivity contribution is 7.13. The Morgan fingerprint density at radius 2 is 2.19 bits per heavy atom. The number of hydrogen-bond donors (Lipinski definition) is 1. The van der Waals surface area contributed by atoms with E-state index in [-0.39, 0.29) is 5.91 Å². The van der Waals surface area contributed by atoms with Crippen molar-refractivity contribution >= 4 is 28.1 Å². The van der Waals surface area contributed by atoms with E-state index in [1.165, 1.54) is 11.3 Å². The lowest BCUT2D eigenvalue weighted by Gasteiger charge is -2.05. The molecule has 0 bridgehead atoms. The van der Waals surface area contributed by atoms with Gasteiger partial charge < -0.3 is 14.6 Å². The van der Waals surface area contributed by atoms with Crippen molar-refractivity contribution in [2.24, 2.45) is 7.05 Å². The van der Waals surface area contributed by atoms with E-state index in [0.29, 0.717) is 12.2 Å². The van der Waals surface area contributed by atoms with Gasteiger partial charge in [0, 0.05) is 35.7 Å². The quantitative estimate of drug-likeness (QED) is 0.576. The van der Waals surface area contributed by atoms with Crippen LogP contribution in [-0.2, 0) is 13.6 Å². The van der Waals surface area contributed by atoms with Gasteiger partial charge in [0.15, 0.2) is 0 Å². The maximum atomic E-state index is 12.6. The van der Waals surface area contributed by atoms with Crippen molar-refractivity contribution < 1.29 is 9.53 Å². The molecule has 0 fully saturated rings. The largest absolute Gasteiger partial charge is 0.497 e. The Kier molecular flexibility index (Phi) is 4.55. The second-order valence-electron chi connectivity index (χ2n) is 5.93. The molecule has 27 heavy (non-hydrogen) atoms. The molecule has 1 N–H and O–H groups in total. The van der Waals surface area contributed by atoms with E-state index in [0.717, 1.165) is 33.0 Å². The van der Waals surface area contributed by atoms with Gasteiger partial charge in [0.2, 0.25) is 0 Å². The summed E-state index contributed by atoms with van der Waals surface area (Å²) in [6.45, 7) is 0.348. The predicted octanol–water partition coefficient (Wildman–Crippen LogP) is 3.03. The van der Waals surface area contributed by atoms with Crippen LogP contribution in [0.25, 0.3) is 21.6 Å². The average molecular weight is 379 g/mol. The fourth-order valence-corrected chi connectivity index (χ4v) is 3.63. The van der Waals surface area contributed by atoms with Gasteiger partial charge in [0.25, 0.3) is 5.91 Å². The van der Waals surface area contributed by atoms with E-state index in [9.17, 15) is 4.79 Å². The van der Waals surface area contributed by atoms with Crippen LogP contribution in [0.5, 0.6) is 5.75 Å². The number of aryl methyl sites for hydroxylation is 1. The second-order valence-corrected chi connectivity index (χ2v) is 6.79. The molecule has 0 spiro atoms. The standard InChI is InChI=1S/C19H17N5O2S/c1-24-16-4-3-14(26-2)7-12(16)8-17(24)18(25)22-9-13-11-27-19(23-13)15-10-20-5-6-21-15/h3-8,10-11H,9H2,1-2H3,(H,22,25). The van der Waals surface area contributed by atoms with Gasteiger partial charge in [-0.05, 0) is 24.3 Å². The summed E-state index contributed by atoms with van der Waals surface area (Å²) >= 11 is 1.48. The van der Waals surface area contributed by atoms with Crippen molar-refractivity contribution in [1.82, 2.24) is 24.8 Å². The molecule has 0 radical (unpaired) electrons. The van der Waals surface area contributed by atoms with Crippen LogP contribution >= 0.6 is 11.3 Å². The Morgan fingerprint density at radius 3 is 2.96 bits per heavy atom. The summed E-state index contributed by atoms with van der Waals surface area (Å²) in [4.78, 5) is 25.4. The molecule has 1 aromatic carbocycles. The SMILES string of the molecule is COc1ccc2c(c1)cc(C(=O)NCc1csc(-c3cnccn3)n1)n2C. The molecular weight excluding hydrogens is 362 g/mol. The highest BCUT2D eigenvalue weighted by Crippen LogP contribution is 2.24. The number of nitrogens with zero attached hydrogens (tertiary/aromatic N) is 4. The van der Waals surface area contributed by atoms with Gasteiger partial charge in [0.05, 0.1) is 25.5 Å². The Morgan fingerprint density at radius 1 is 1.30 bits per heavy atom. The Balaban J connectivity index is 1.49. The normalized spacial score (nSPS) is 10.9. The van der Waals surface area contributed by atoms with Crippen molar-refractivity contribution in [2.45, 2.75) is 6.54 Å². The van der Waals surface area contributed by atoms with Crippen LogP contribution in [-0.4, -0.2) is 32.5 Å². The summed E-state index contributed by atoms with van der Waals surface area (Å²) in [6, 6.07) is 7.60. The zero-order valence-electron chi connectivity index (χ0n) is 14.8. The van der Waals surface area contributed by atoms with Crippen LogP contribution in [0.2, 0.25) is 0 Å². The van der Waals surface area contributed by atoms with Crippen LogP contribution in [0.3, 0.4) is 0 Å². The first-order chi connectivity index (χ1) is 13.2. The molecule has 0 aliphatic heterocycles. The fraction of sp³-hybridized carbons (Fsp3) is 0.158. The van der Waals surface area contributed by atoms with Crippen molar-refractivity contribution in [1.29, 1.82) is 0 Å². The zero-order valence-corrected chi connectivity index (χ0v) is 15.7. The topological polar surface area (TPSA) is 81.9 Å². The van der Waals surface area contributed by atoms with E-state index in [1.54, 1.807) is 25.7 Å². The van der Waals surface area contributed by atoms with E-state index < -0.39 is 0 Å². The molecule has 0 aliphatic carbocycles. The second kappa shape index (κ2) is 7.16. The predicted molar refractivity (Wildman–Crippen MR) is 104 cm³/mol. The number of nitrogens with one attached hydrogen (secondary N) is 1. The van der Waals surface area contributed by atoms with Gasteiger partial charge in [-0.15, -0.1) is 11.3 Å². The summed E-state index contributed by atoms with van der Waals surface area (Å²) in [5.74, 6) is 0.612. The smallest absolute Gasteiger partial charge is 0.268 e. The molecule has 0 saturated carbocycles. The maximum Gasteiger partial charge on any atom is 0.268 e. The first-order valence-electron chi connectivity index (χ1n) is 8.28. The summed E-state index contributed by atoms with van der Waals surface area (Å²) in [6.07, 6.45) is 4.93. The van der Waals surface area contributed by atoms with Gasteiger partial charge in [-0.2, -0.15) is 0 Å². The minimum Gasteiger partial charge on any atom is -0.497 e. The van der Waals surface area contributed by atoms with Gasteiger partial charge in [0.1, 0.15) is 22.1 Å². The van der Waals surface area contributed by atoms with Gasteiger partial charge in [-0.3, -0.25) is 14.8 Å². The molecule has 7 nitrogen and oxygen atoms in total. The lowest BCUT2D eigenvalue weighted by molar-refractivity contribution is 0.0943. The third-order valence-electron chi connectivity index (χ3n) is 4.25. The third kappa shape index (κ3) is 3.39. The molecule has 0 aliphatic rings. The molecule has 0 atom stereocenters. The molecular formula is C19H17N5O2S. The van der Waals surface area contributed by atoms with Gasteiger partial charge >= 0.3 is 0 Å². The highest BCUT2D eigenvalue weighted by Gasteiger charge is 2.14. The number of fused-ring (bicyclic) bond motifs is 1. The van der Waals surface area contributed by atoms with Crippen molar-refractivity contribution in [2.75, 3.05) is 7.11 Å². The lowest BCUT2D eigenvalue weighted by Crippen LogP contribution is -2.24. The van der Waals surface area contributed by atoms with E-state index >= 15 is 0 Å². The first kappa shape index (κ1) is 17.2. The molecule has 3 aromatic heterocycles. The number of methoxy groups -OCH3 is 1. The van der Waals surface area contributed by atoms with E-state index in [4.69, 9.17) is 4.74 Å². The van der Waals surface area contributed by atoms with E-state index in [2.05, 4.69) is 20.3 Å². The molecule has 1 amide bonds. The minimum atomic E-state index is -0.151. The fourth-order valence-electron chi connectivity index (χ4n) is 2.85. The van der Waals surface area contributed by atoms with Gasteiger partial charge in [-0.1, -0.05) is 0 Å². The van der Waals surface area contributed by atoms with Crippen LogP contribution in [0.15, 0.2) is 48.2 Å². The van der Waals surface area contributed by atoms with Crippen LogP contribution in [0.1, 0.15) is 16.2 Å². The molecule has 3 heterocycles. The minimum absolute atomic E-state index is 0.151. The number of carbonyl (C=O) groups is 1. The number of rotatable bonds is 5. The molecule has 4 rings (SSSR count). The highest BCUT2D eigenvalue weighted by atomic mass is 32.1. The van der Waals surface area contributed by atoms with Crippen LogP contribution in [0.4, 0.5) is 0 Å². The lowest BCUT2D eigenvalue weighted by atomic mass is 10.2. The Hall–Kier alpha value is -3.26. The third-order valence-corrected chi connectivity index (χ3v) is 5.16. The van der Waals surface area contributed by atoms with Crippen molar-refractivity contribution in [3.63, 3.8) is 0 Å². The zero-order chi connectivity index (χ0) is 18.8. The average Bonchev–Trinajstić information content (AvgIpc) is 3.31. The molecule has 136 valence electrons. The number of aromatic nitrogens is 4. The van der Waals surface area contributed by atoms with Crippen LogP contribution in [0, 0.1) is 0 Å². The molecule has 0 saturated heterocycles. The number of thiazole rings is 1. The van der Waals surface area contributed by atoms with Crippen molar-refractivity contribution in [3.8, 4) is 16.5 Å². The Labute approximate surface area is 159 Å². The number of ether oxygens (including phenoxy) is 1. The molecule has 0 unspecified atom stereocenters. The summed E-state index contributed by atoms with van der Waals surface area (Å²) in [5, 5.41) is 6.58. The monoisotopic (exact) mass is 379 g/mol. The molecule has 8 heteroatoms. The maximum absolute atomic E-state index is 12.6.